The highest BCUT2D eigenvalue weighted by Crippen LogP contribution is 2.56. The van der Waals surface area contributed by atoms with E-state index in [1.54, 1.807) is 32.1 Å². The van der Waals surface area contributed by atoms with E-state index < -0.39 is 0 Å². The highest BCUT2D eigenvalue weighted by Gasteiger charge is 2.47. The van der Waals surface area contributed by atoms with Gasteiger partial charge >= 0.3 is 0 Å². The molecule has 4 bridgehead atoms. The molecule has 19 heavy (non-hydrogen) atoms. The molecule has 1 saturated heterocycles. The molecule has 1 heterocycles. The zero-order chi connectivity index (χ0) is 12.8. The van der Waals surface area contributed by atoms with Crippen LogP contribution in [0.25, 0.3) is 0 Å². The van der Waals surface area contributed by atoms with Crippen LogP contribution < -0.4 is 5.32 Å². The van der Waals surface area contributed by atoms with Gasteiger partial charge in [-0.2, -0.15) is 0 Å². The number of nitrogens with zero attached hydrogens (tertiary/aromatic N) is 1. The zero-order valence-electron chi connectivity index (χ0n) is 12.2. The van der Waals surface area contributed by atoms with Crippen LogP contribution in [0.15, 0.2) is 12.2 Å². The molecule has 0 radical (unpaired) electrons. The first-order valence-electron chi connectivity index (χ1n) is 8.39. The summed E-state index contributed by atoms with van der Waals surface area (Å²) in [7, 11) is 2.27. The summed E-state index contributed by atoms with van der Waals surface area (Å²) in [5, 5.41) is 3.52. The Hall–Kier alpha value is -0.340. The van der Waals surface area contributed by atoms with Gasteiger partial charge in [-0.1, -0.05) is 12.2 Å². The van der Waals surface area contributed by atoms with Crippen molar-refractivity contribution in [3.05, 3.63) is 12.2 Å². The highest BCUT2D eigenvalue weighted by atomic mass is 15.2. The standard InChI is InChI=1S/C17H28N2/c1-19-5-4-18-11-16(19)2-3-17-14-7-12-6-13(9-14)10-15(17)8-12/h2-3,12-18H,4-11H2,1H3/b3-2+. The van der Waals surface area contributed by atoms with Gasteiger partial charge in [-0.25, -0.2) is 0 Å². The van der Waals surface area contributed by atoms with Crippen molar-refractivity contribution in [2.75, 3.05) is 26.7 Å². The summed E-state index contributed by atoms with van der Waals surface area (Å²) < 4.78 is 0. The summed E-state index contributed by atoms with van der Waals surface area (Å²) in [6.07, 6.45) is 12.9. The van der Waals surface area contributed by atoms with E-state index >= 15 is 0 Å². The fourth-order valence-electron chi connectivity index (χ4n) is 5.58. The molecule has 1 atom stereocenters. The van der Waals surface area contributed by atoms with Crippen LogP contribution in [0.2, 0.25) is 0 Å². The van der Waals surface area contributed by atoms with Crippen LogP contribution in [0.5, 0.6) is 0 Å². The average molecular weight is 260 g/mol. The lowest BCUT2D eigenvalue weighted by Gasteiger charge is -2.54. The molecule has 0 aromatic heterocycles. The molecule has 1 N–H and O–H groups in total. The molecule has 0 aromatic carbocycles. The fraction of sp³-hybridized carbons (Fsp3) is 0.882. The maximum atomic E-state index is 3.52. The minimum Gasteiger partial charge on any atom is -0.314 e. The SMILES string of the molecule is CN1CCNCC1/C=C/C1C2CC3CC(C2)CC1C3. The predicted molar refractivity (Wildman–Crippen MR) is 79.0 cm³/mol. The Morgan fingerprint density at radius 1 is 0.947 bits per heavy atom. The Bertz CT molecular complexity index is 334. The summed E-state index contributed by atoms with van der Waals surface area (Å²) in [5.41, 5.74) is 0. The average Bonchev–Trinajstić information content (AvgIpc) is 2.39. The van der Waals surface area contributed by atoms with Gasteiger partial charge in [0.05, 0.1) is 0 Å². The van der Waals surface area contributed by atoms with E-state index in [-0.39, 0.29) is 0 Å². The van der Waals surface area contributed by atoms with Crippen molar-refractivity contribution in [1.29, 1.82) is 0 Å². The third-order valence-electron chi connectivity index (χ3n) is 6.42. The Labute approximate surface area is 117 Å². The Balaban J connectivity index is 1.45. The third kappa shape index (κ3) is 2.27. The monoisotopic (exact) mass is 260 g/mol. The quantitative estimate of drug-likeness (QED) is 0.768. The minimum absolute atomic E-state index is 0.630. The first-order valence-corrected chi connectivity index (χ1v) is 8.39. The van der Waals surface area contributed by atoms with Gasteiger partial charge in [0.2, 0.25) is 0 Å². The van der Waals surface area contributed by atoms with E-state index in [9.17, 15) is 0 Å². The molecule has 5 aliphatic rings. The number of hydrogen-bond donors (Lipinski definition) is 1. The van der Waals surface area contributed by atoms with Crippen LogP contribution in [0, 0.1) is 29.6 Å². The maximum absolute atomic E-state index is 3.52. The van der Waals surface area contributed by atoms with Crippen LogP contribution in [-0.4, -0.2) is 37.6 Å². The van der Waals surface area contributed by atoms with Crippen molar-refractivity contribution in [3.63, 3.8) is 0 Å². The molecule has 2 nitrogen and oxygen atoms in total. The van der Waals surface area contributed by atoms with Gasteiger partial charge in [0, 0.05) is 25.7 Å². The van der Waals surface area contributed by atoms with Gasteiger partial charge in [-0.05, 0) is 68.7 Å². The molecule has 1 unspecified atom stereocenters. The molecule has 0 aromatic rings. The van der Waals surface area contributed by atoms with E-state index in [0.717, 1.165) is 42.7 Å². The molecule has 5 fully saturated rings. The molecule has 4 saturated carbocycles. The van der Waals surface area contributed by atoms with Crippen molar-refractivity contribution in [1.82, 2.24) is 10.2 Å². The normalized spacial score (nSPS) is 50.2. The number of likely N-dealkylation sites (N-methyl/N-ethyl adjacent to an activating group) is 1. The topological polar surface area (TPSA) is 15.3 Å². The Morgan fingerprint density at radius 3 is 2.26 bits per heavy atom. The molecule has 5 rings (SSSR count). The molecule has 0 amide bonds. The molecule has 106 valence electrons. The van der Waals surface area contributed by atoms with Gasteiger partial charge in [0.1, 0.15) is 0 Å². The third-order valence-corrected chi connectivity index (χ3v) is 6.42. The van der Waals surface area contributed by atoms with E-state index in [4.69, 9.17) is 0 Å². The van der Waals surface area contributed by atoms with Gasteiger partial charge in [0.15, 0.2) is 0 Å². The number of hydrogen-bond acceptors (Lipinski definition) is 2. The molecule has 2 heteroatoms. The lowest BCUT2D eigenvalue weighted by atomic mass is 9.52. The Kier molecular flexibility index (Phi) is 3.19. The van der Waals surface area contributed by atoms with E-state index in [0.29, 0.717) is 6.04 Å². The predicted octanol–water partition coefficient (Wildman–Crippen LogP) is 2.52. The van der Waals surface area contributed by atoms with Crippen molar-refractivity contribution in [3.8, 4) is 0 Å². The van der Waals surface area contributed by atoms with E-state index in [1.807, 2.05) is 0 Å². The molecule has 1 aliphatic heterocycles. The summed E-state index contributed by atoms with van der Waals surface area (Å²) in [6.45, 7) is 3.48. The van der Waals surface area contributed by atoms with Gasteiger partial charge in [-0.15, -0.1) is 0 Å². The molecule has 4 aliphatic carbocycles. The van der Waals surface area contributed by atoms with E-state index in [2.05, 4.69) is 29.4 Å². The number of allylic oxidation sites excluding steroid dienone is 1. The van der Waals surface area contributed by atoms with Crippen molar-refractivity contribution in [2.45, 2.75) is 38.1 Å². The van der Waals surface area contributed by atoms with E-state index in [1.165, 1.54) is 6.54 Å². The van der Waals surface area contributed by atoms with Crippen molar-refractivity contribution < 1.29 is 0 Å². The van der Waals surface area contributed by atoms with Gasteiger partial charge in [-0.3, -0.25) is 4.90 Å². The zero-order valence-corrected chi connectivity index (χ0v) is 12.2. The lowest BCUT2D eigenvalue weighted by Crippen LogP contribution is -2.48. The smallest absolute Gasteiger partial charge is 0.0400 e. The van der Waals surface area contributed by atoms with Crippen LogP contribution in [0.4, 0.5) is 0 Å². The first kappa shape index (κ1) is 12.4. The van der Waals surface area contributed by atoms with Crippen LogP contribution >= 0.6 is 0 Å². The highest BCUT2D eigenvalue weighted by molar-refractivity contribution is 5.08. The summed E-state index contributed by atoms with van der Waals surface area (Å²) in [6, 6.07) is 0.630. The minimum atomic E-state index is 0.630. The summed E-state index contributed by atoms with van der Waals surface area (Å²) in [5.74, 6) is 5.20. The summed E-state index contributed by atoms with van der Waals surface area (Å²) in [4.78, 5) is 2.50. The summed E-state index contributed by atoms with van der Waals surface area (Å²) >= 11 is 0. The second-order valence-corrected chi connectivity index (χ2v) is 7.65. The van der Waals surface area contributed by atoms with Crippen LogP contribution in [0.1, 0.15) is 32.1 Å². The fourth-order valence-corrected chi connectivity index (χ4v) is 5.58. The van der Waals surface area contributed by atoms with Crippen LogP contribution in [-0.2, 0) is 0 Å². The molecular formula is C17H28N2. The molecule has 0 spiro atoms. The number of piperazine rings is 1. The maximum Gasteiger partial charge on any atom is 0.0400 e. The van der Waals surface area contributed by atoms with Crippen LogP contribution in [0.3, 0.4) is 0 Å². The lowest BCUT2D eigenvalue weighted by molar-refractivity contribution is -0.0164. The number of nitrogens with one attached hydrogen (secondary N) is 1. The first-order chi connectivity index (χ1) is 9.29. The van der Waals surface area contributed by atoms with Gasteiger partial charge in [0.25, 0.3) is 0 Å². The second kappa shape index (κ2) is 4.89. The number of rotatable bonds is 2. The van der Waals surface area contributed by atoms with Gasteiger partial charge < -0.3 is 5.32 Å². The Morgan fingerprint density at radius 2 is 1.63 bits per heavy atom. The molecular weight excluding hydrogens is 232 g/mol. The second-order valence-electron chi connectivity index (χ2n) is 7.65. The van der Waals surface area contributed by atoms with Crippen molar-refractivity contribution in [2.24, 2.45) is 29.6 Å². The largest absolute Gasteiger partial charge is 0.314 e. The van der Waals surface area contributed by atoms with Crippen molar-refractivity contribution >= 4 is 0 Å².